The van der Waals surface area contributed by atoms with Crippen molar-refractivity contribution in [2.24, 2.45) is 0 Å². The molecule has 2 amide bonds. The Hall–Kier alpha value is -4.26. The van der Waals surface area contributed by atoms with Gasteiger partial charge in [-0.25, -0.2) is 9.78 Å². The van der Waals surface area contributed by atoms with E-state index in [1.165, 1.54) is 7.11 Å². The maximum Gasteiger partial charge on any atom is 0.323 e. The lowest BCUT2D eigenvalue weighted by molar-refractivity contribution is 0.103. The molecule has 0 aliphatic carbocycles. The number of urea groups is 1. The predicted molar refractivity (Wildman–Crippen MR) is 115 cm³/mol. The fraction of sp³-hybridized carbons (Fsp3) is 0.0435. The number of carbonyl (C=O) groups excluding carboxylic acids is 2. The van der Waals surface area contributed by atoms with Crippen LogP contribution in [0.25, 0.3) is 10.9 Å². The Morgan fingerprint density at radius 2 is 1.57 bits per heavy atom. The van der Waals surface area contributed by atoms with Crippen LogP contribution in [-0.2, 0) is 0 Å². The highest BCUT2D eigenvalue weighted by atomic mass is 16.5. The van der Waals surface area contributed by atoms with Crippen molar-refractivity contribution in [3.05, 3.63) is 90.3 Å². The SMILES string of the molecule is COc1nc2ccccc2cc1NC(=O)Nc1ccc(C(=O)c2ccncc2)cc1. The number of benzene rings is 2. The van der Waals surface area contributed by atoms with Crippen molar-refractivity contribution < 1.29 is 14.3 Å². The summed E-state index contributed by atoms with van der Waals surface area (Å²) in [5, 5.41) is 6.38. The molecule has 2 heterocycles. The van der Waals surface area contributed by atoms with E-state index in [-0.39, 0.29) is 5.78 Å². The Labute approximate surface area is 172 Å². The largest absolute Gasteiger partial charge is 0.479 e. The van der Waals surface area contributed by atoms with Crippen LogP contribution in [0, 0.1) is 0 Å². The van der Waals surface area contributed by atoms with Crippen LogP contribution in [0.4, 0.5) is 16.2 Å². The highest BCUT2D eigenvalue weighted by Gasteiger charge is 2.12. The van der Waals surface area contributed by atoms with E-state index in [9.17, 15) is 9.59 Å². The topological polar surface area (TPSA) is 93.2 Å². The standard InChI is InChI=1S/C23H18N4O3/c1-30-22-20(14-17-4-2-3-5-19(17)26-22)27-23(29)25-18-8-6-15(7-9-18)21(28)16-10-12-24-13-11-16/h2-14H,1H3,(H2,25,27,29). The number of anilines is 2. The smallest absolute Gasteiger partial charge is 0.323 e. The molecule has 7 heteroatoms. The third-order valence-corrected chi connectivity index (χ3v) is 4.48. The fourth-order valence-electron chi connectivity index (χ4n) is 3.00. The van der Waals surface area contributed by atoms with E-state index >= 15 is 0 Å². The van der Waals surface area contributed by atoms with Crippen LogP contribution in [0.5, 0.6) is 5.88 Å². The maximum absolute atomic E-state index is 12.5. The minimum atomic E-state index is -0.446. The quantitative estimate of drug-likeness (QED) is 0.482. The van der Waals surface area contributed by atoms with E-state index in [1.54, 1.807) is 54.9 Å². The molecule has 30 heavy (non-hydrogen) atoms. The molecular weight excluding hydrogens is 380 g/mol. The van der Waals surface area contributed by atoms with E-state index in [0.29, 0.717) is 28.4 Å². The van der Waals surface area contributed by atoms with Gasteiger partial charge in [-0.15, -0.1) is 0 Å². The van der Waals surface area contributed by atoms with Crippen molar-refractivity contribution >= 4 is 34.1 Å². The van der Waals surface area contributed by atoms with Gasteiger partial charge in [-0.05, 0) is 48.5 Å². The first-order valence-electron chi connectivity index (χ1n) is 9.20. The van der Waals surface area contributed by atoms with Crippen LogP contribution in [0.3, 0.4) is 0 Å². The first-order valence-corrected chi connectivity index (χ1v) is 9.20. The highest BCUT2D eigenvalue weighted by Crippen LogP contribution is 2.27. The Morgan fingerprint density at radius 3 is 2.30 bits per heavy atom. The number of para-hydroxylation sites is 1. The second kappa shape index (κ2) is 8.40. The second-order valence-electron chi connectivity index (χ2n) is 6.46. The van der Waals surface area contributed by atoms with Crippen LogP contribution in [0.1, 0.15) is 15.9 Å². The molecule has 0 aliphatic rings. The van der Waals surface area contributed by atoms with Crippen molar-refractivity contribution in [2.45, 2.75) is 0 Å². The molecule has 2 aromatic heterocycles. The van der Waals surface area contributed by atoms with E-state index < -0.39 is 6.03 Å². The predicted octanol–water partition coefficient (Wildman–Crippen LogP) is 4.51. The number of ether oxygens (including phenoxy) is 1. The van der Waals surface area contributed by atoms with Gasteiger partial charge in [0.25, 0.3) is 0 Å². The number of aromatic nitrogens is 2. The summed E-state index contributed by atoms with van der Waals surface area (Å²) >= 11 is 0. The number of hydrogen-bond acceptors (Lipinski definition) is 5. The average Bonchev–Trinajstić information content (AvgIpc) is 2.79. The molecule has 148 valence electrons. The fourth-order valence-corrected chi connectivity index (χ4v) is 3.00. The molecule has 0 spiro atoms. The highest BCUT2D eigenvalue weighted by molar-refractivity contribution is 6.09. The number of fused-ring (bicyclic) bond motifs is 1. The lowest BCUT2D eigenvalue weighted by Gasteiger charge is -2.12. The van der Waals surface area contributed by atoms with Gasteiger partial charge >= 0.3 is 6.03 Å². The van der Waals surface area contributed by atoms with Gasteiger partial charge in [0.15, 0.2) is 5.78 Å². The molecule has 0 aliphatic heterocycles. The van der Waals surface area contributed by atoms with Crippen LogP contribution in [-0.4, -0.2) is 28.9 Å². The zero-order chi connectivity index (χ0) is 20.9. The third-order valence-electron chi connectivity index (χ3n) is 4.48. The summed E-state index contributed by atoms with van der Waals surface area (Å²) in [6.45, 7) is 0. The van der Waals surface area contributed by atoms with Gasteiger partial charge in [-0.3, -0.25) is 9.78 Å². The normalized spacial score (nSPS) is 10.4. The summed E-state index contributed by atoms with van der Waals surface area (Å²) in [6, 6.07) is 18.9. The Bertz CT molecular complexity index is 1210. The van der Waals surface area contributed by atoms with Crippen molar-refractivity contribution in [1.29, 1.82) is 0 Å². The summed E-state index contributed by atoms with van der Waals surface area (Å²) in [7, 11) is 1.50. The number of carbonyl (C=O) groups is 2. The molecule has 0 atom stereocenters. The van der Waals surface area contributed by atoms with E-state index in [0.717, 1.165) is 10.9 Å². The molecule has 0 radical (unpaired) electrons. The molecule has 0 fully saturated rings. The Morgan fingerprint density at radius 1 is 0.867 bits per heavy atom. The molecule has 2 aromatic carbocycles. The van der Waals surface area contributed by atoms with Crippen molar-refractivity contribution in [1.82, 2.24) is 9.97 Å². The lowest BCUT2D eigenvalue weighted by atomic mass is 10.0. The lowest BCUT2D eigenvalue weighted by Crippen LogP contribution is -2.20. The summed E-state index contributed by atoms with van der Waals surface area (Å²) in [6.07, 6.45) is 3.15. The van der Waals surface area contributed by atoms with E-state index in [4.69, 9.17) is 4.74 Å². The molecular formula is C23H18N4O3. The first-order chi connectivity index (χ1) is 14.6. The van der Waals surface area contributed by atoms with E-state index in [2.05, 4.69) is 20.6 Å². The number of nitrogens with one attached hydrogen (secondary N) is 2. The second-order valence-corrected chi connectivity index (χ2v) is 6.46. The summed E-state index contributed by atoms with van der Waals surface area (Å²) < 4.78 is 5.29. The number of rotatable bonds is 5. The molecule has 0 bridgehead atoms. The first kappa shape index (κ1) is 19.1. The molecule has 7 nitrogen and oxygen atoms in total. The monoisotopic (exact) mass is 398 g/mol. The number of ketones is 1. The average molecular weight is 398 g/mol. The van der Waals surface area contributed by atoms with Gasteiger partial charge < -0.3 is 15.4 Å². The van der Waals surface area contributed by atoms with Crippen molar-refractivity contribution in [3.8, 4) is 5.88 Å². The van der Waals surface area contributed by atoms with Crippen LogP contribution in [0.2, 0.25) is 0 Å². The van der Waals surface area contributed by atoms with Crippen molar-refractivity contribution in [3.63, 3.8) is 0 Å². The number of methoxy groups -OCH3 is 1. The Kier molecular flexibility index (Phi) is 5.34. The Balaban J connectivity index is 1.47. The molecule has 0 saturated carbocycles. The van der Waals surface area contributed by atoms with E-state index in [1.807, 2.05) is 24.3 Å². The van der Waals surface area contributed by atoms with Gasteiger partial charge in [0.05, 0.1) is 12.6 Å². The van der Waals surface area contributed by atoms with Gasteiger partial charge in [0, 0.05) is 34.6 Å². The summed E-state index contributed by atoms with van der Waals surface area (Å²) in [4.78, 5) is 33.2. The van der Waals surface area contributed by atoms with Gasteiger partial charge in [-0.1, -0.05) is 18.2 Å². The van der Waals surface area contributed by atoms with Crippen LogP contribution < -0.4 is 15.4 Å². The maximum atomic E-state index is 12.5. The molecule has 0 unspecified atom stereocenters. The molecule has 4 aromatic rings. The summed E-state index contributed by atoms with van der Waals surface area (Å²) in [5.74, 6) is 0.211. The van der Waals surface area contributed by atoms with Crippen molar-refractivity contribution in [2.75, 3.05) is 17.7 Å². The van der Waals surface area contributed by atoms with Gasteiger partial charge in [0.1, 0.15) is 5.69 Å². The third kappa shape index (κ3) is 4.10. The zero-order valence-electron chi connectivity index (χ0n) is 16.1. The number of pyridine rings is 2. The summed E-state index contributed by atoms with van der Waals surface area (Å²) in [5.41, 5.74) is 2.85. The van der Waals surface area contributed by atoms with Gasteiger partial charge in [-0.2, -0.15) is 0 Å². The molecule has 0 saturated heterocycles. The molecule has 2 N–H and O–H groups in total. The number of nitrogens with zero attached hydrogens (tertiary/aromatic N) is 2. The minimum Gasteiger partial charge on any atom is -0.479 e. The van der Waals surface area contributed by atoms with Gasteiger partial charge in [0.2, 0.25) is 5.88 Å². The number of hydrogen-bond donors (Lipinski definition) is 2. The van der Waals surface area contributed by atoms with Crippen LogP contribution >= 0.6 is 0 Å². The molecule has 4 rings (SSSR count). The zero-order valence-corrected chi connectivity index (χ0v) is 16.1. The minimum absolute atomic E-state index is 0.111. The number of amides is 2. The van der Waals surface area contributed by atoms with Crippen LogP contribution in [0.15, 0.2) is 79.1 Å².